The molecule has 1 N–H and O–H groups in total. The maximum atomic E-state index is 13.5. The highest BCUT2D eigenvalue weighted by Crippen LogP contribution is 2.16. The van der Waals surface area contributed by atoms with Crippen LogP contribution in [0.15, 0.2) is 42.5 Å². The van der Waals surface area contributed by atoms with Crippen LogP contribution in [0.1, 0.15) is 5.56 Å². The fourth-order valence-electron chi connectivity index (χ4n) is 1.88. The first-order valence-corrected chi connectivity index (χ1v) is 6.59. The molecule has 0 unspecified atom stereocenters. The van der Waals surface area contributed by atoms with Crippen molar-refractivity contribution in [2.75, 3.05) is 19.5 Å². The van der Waals surface area contributed by atoms with Crippen LogP contribution in [0.4, 0.5) is 19.3 Å². The third kappa shape index (κ3) is 3.94. The highest BCUT2D eigenvalue weighted by molar-refractivity contribution is 5.89. The molecule has 2 aromatic rings. The van der Waals surface area contributed by atoms with Crippen molar-refractivity contribution >= 4 is 11.7 Å². The van der Waals surface area contributed by atoms with Crippen molar-refractivity contribution in [2.45, 2.75) is 6.54 Å². The second-order valence-electron chi connectivity index (χ2n) is 4.76. The van der Waals surface area contributed by atoms with Gasteiger partial charge in [0.25, 0.3) is 0 Å². The molecule has 22 heavy (non-hydrogen) atoms. The third-order valence-corrected chi connectivity index (χ3v) is 3.10. The molecule has 2 aromatic carbocycles. The van der Waals surface area contributed by atoms with E-state index in [1.807, 2.05) is 12.1 Å². The van der Waals surface area contributed by atoms with Crippen LogP contribution in [-0.4, -0.2) is 25.1 Å². The molecule has 0 saturated heterocycles. The summed E-state index contributed by atoms with van der Waals surface area (Å²) in [5, 5.41) is 2.40. The number of hydrogen-bond donors (Lipinski definition) is 1. The van der Waals surface area contributed by atoms with Crippen LogP contribution >= 0.6 is 0 Å². The minimum atomic E-state index is -0.814. The van der Waals surface area contributed by atoms with Crippen molar-refractivity contribution < 1.29 is 18.3 Å². The van der Waals surface area contributed by atoms with Crippen LogP contribution in [0.5, 0.6) is 5.75 Å². The Kier molecular flexibility index (Phi) is 4.93. The SMILES string of the molecule is COc1ccc(CN(C)C(=O)Nc2ccc(F)cc2F)cc1. The number of nitrogens with one attached hydrogen (secondary N) is 1. The van der Waals surface area contributed by atoms with Gasteiger partial charge in [0, 0.05) is 19.7 Å². The van der Waals surface area contributed by atoms with E-state index in [1.165, 1.54) is 11.0 Å². The minimum absolute atomic E-state index is 0.0621. The van der Waals surface area contributed by atoms with Crippen molar-refractivity contribution in [1.29, 1.82) is 0 Å². The molecule has 0 aromatic heterocycles. The number of rotatable bonds is 4. The Labute approximate surface area is 127 Å². The molecular weight excluding hydrogens is 290 g/mol. The van der Waals surface area contributed by atoms with Crippen molar-refractivity contribution in [3.63, 3.8) is 0 Å². The lowest BCUT2D eigenvalue weighted by Gasteiger charge is -2.18. The molecule has 4 nitrogen and oxygen atoms in total. The van der Waals surface area contributed by atoms with E-state index in [0.717, 1.165) is 23.4 Å². The van der Waals surface area contributed by atoms with Gasteiger partial charge in [0.05, 0.1) is 12.8 Å². The maximum absolute atomic E-state index is 13.5. The highest BCUT2D eigenvalue weighted by atomic mass is 19.1. The van der Waals surface area contributed by atoms with Crippen LogP contribution in [0, 0.1) is 11.6 Å². The Balaban J connectivity index is 1.99. The number of carbonyl (C=O) groups excluding carboxylic acids is 1. The zero-order valence-corrected chi connectivity index (χ0v) is 12.3. The van der Waals surface area contributed by atoms with Crippen LogP contribution in [0.2, 0.25) is 0 Å². The summed E-state index contributed by atoms with van der Waals surface area (Å²) < 4.78 is 31.4. The van der Waals surface area contributed by atoms with Gasteiger partial charge in [-0.25, -0.2) is 13.6 Å². The summed E-state index contributed by atoms with van der Waals surface area (Å²) in [5.41, 5.74) is 0.839. The van der Waals surface area contributed by atoms with E-state index in [-0.39, 0.29) is 5.69 Å². The summed E-state index contributed by atoms with van der Waals surface area (Å²) in [6, 6.07) is 9.76. The normalized spacial score (nSPS) is 10.2. The molecule has 0 aliphatic rings. The van der Waals surface area contributed by atoms with Crippen LogP contribution in [0.3, 0.4) is 0 Å². The zero-order valence-electron chi connectivity index (χ0n) is 12.3. The quantitative estimate of drug-likeness (QED) is 0.937. The van der Waals surface area contributed by atoms with Gasteiger partial charge in [0.15, 0.2) is 0 Å². The second-order valence-corrected chi connectivity index (χ2v) is 4.76. The maximum Gasteiger partial charge on any atom is 0.321 e. The number of nitrogens with zero attached hydrogens (tertiary/aromatic N) is 1. The van der Waals surface area contributed by atoms with Gasteiger partial charge < -0.3 is 15.0 Å². The van der Waals surface area contributed by atoms with Crippen LogP contribution in [0.25, 0.3) is 0 Å². The van der Waals surface area contributed by atoms with E-state index in [4.69, 9.17) is 4.74 Å². The van der Waals surface area contributed by atoms with E-state index in [0.29, 0.717) is 6.54 Å². The Bertz CT molecular complexity index is 660. The zero-order chi connectivity index (χ0) is 16.1. The summed E-state index contributed by atoms with van der Waals surface area (Å²) >= 11 is 0. The van der Waals surface area contributed by atoms with Crippen molar-refractivity contribution in [3.8, 4) is 5.75 Å². The Hall–Kier alpha value is -2.63. The Morgan fingerprint density at radius 1 is 1.18 bits per heavy atom. The van der Waals surface area contributed by atoms with Gasteiger partial charge >= 0.3 is 6.03 Å². The number of methoxy groups -OCH3 is 1. The van der Waals surface area contributed by atoms with Gasteiger partial charge in [-0.15, -0.1) is 0 Å². The lowest BCUT2D eigenvalue weighted by Crippen LogP contribution is -2.31. The second kappa shape index (κ2) is 6.89. The molecule has 0 saturated carbocycles. The number of halogens is 2. The average Bonchev–Trinajstić information content (AvgIpc) is 2.50. The number of hydrogen-bond acceptors (Lipinski definition) is 2. The summed E-state index contributed by atoms with van der Waals surface area (Å²) in [4.78, 5) is 13.4. The molecule has 0 heterocycles. The lowest BCUT2D eigenvalue weighted by atomic mass is 10.2. The van der Waals surface area contributed by atoms with Gasteiger partial charge in [-0.05, 0) is 29.8 Å². The number of ether oxygens (including phenoxy) is 1. The number of benzene rings is 2. The van der Waals surface area contributed by atoms with E-state index in [2.05, 4.69) is 5.32 Å². The molecule has 0 fully saturated rings. The first-order valence-electron chi connectivity index (χ1n) is 6.59. The molecular formula is C16H16F2N2O2. The van der Waals surface area contributed by atoms with Crippen LogP contribution < -0.4 is 10.1 Å². The molecule has 0 radical (unpaired) electrons. The van der Waals surface area contributed by atoms with Gasteiger partial charge in [-0.1, -0.05) is 12.1 Å². The van der Waals surface area contributed by atoms with E-state index in [1.54, 1.807) is 26.3 Å². The number of anilines is 1. The van der Waals surface area contributed by atoms with Crippen LogP contribution in [-0.2, 0) is 6.54 Å². The topological polar surface area (TPSA) is 41.6 Å². The first-order chi connectivity index (χ1) is 10.5. The number of amides is 2. The predicted molar refractivity (Wildman–Crippen MR) is 79.8 cm³/mol. The first kappa shape index (κ1) is 15.8. The minimum Gasteiger partial charge on any atom is -0.497 e. The summed E-state index contributed by atoms with van der Waals surface area (Å²) in [7, 11) is 3.16. The molecule has 6 heteroatoms. The van der Waals surface area contributed by atoms with E-state index in [9.17, 15) is 13.6 Å². The molecule has 116 valence electrons. The van der Waals surface area contributed by atoms with E-state index >= 15 is 0 Å². The molecule has 0 spiro atoms. The number of carbonyl (C=O) groups is 1. The fourth-order valence-corrected chi connectivity index (χ4v) is 1.88. The summed E-state index contributed by atoms with van der Waals surface area (Å²) in [6.07, 6.45) is 0. The van der Waals surface area contributed by atoms with Gasteiger partial charge in [0.1, 0.15) is 17.4 Å². The summed E-state index contributed by atoms with van der Waals surface area (Å²) in [5.74, 6) is -0.780. The molecule has 0 aliphatic carbocycles. The third-order valence-electron chi connectivity index (χ3n) is 3.10. The van der Waals surface area contributed by atoms with Crippen molar-refractivity contribution in [2.24, 2.45) is 0 Å². The molecule has 2 rings (SSSR count). The van der Waals surface area contributed by atoms with Crippen molar-refractivity contribution in [1.82, 2.24) is 4.90 Å². The molecule has 0 atom stereocenters. The summed E-state index contributed by atoms with van der Waals surface area (Å²) in [6.45, 7) is 0.346. The lowest BCUT2D eigenvalue weighted by molar-refractivity contribution is 0.220. The van der Waals surface area contributed by atoms with Gasteiger partial charge in [-0.2, -0.15) is 0 Å². The smallest absolute Gasteiger partial charge is 0.321 e. The standard InChI is InChI=1S/C16H16F2N2O2/c1-20(10-11-3-6-13(22-2)7-4-11)16(21)19-15-8-5-12(17)9-14(15)18/h3-9H,10H2,1-2H3,(H,19,21). The molecule has 2 amide bonds. The monoisotopic (exact) mass is 306 g/mol. The largest absolute Gasteiger partial charge is 0.497 e. The van der Waals surface area contributed by atoms with Gasteiger partial charge in [-0.3, -0.25) is 0 Å². The van der Waals surface area contributed by atoms with Crippen molar-refractivity contribution in [3.05, 3.63) is 59.7 Å². The predicted octanol–water partition coefficient (Wildman–Crippen LogP) is 3.64. The fraction of sp³-hybridized carbons (Fsp3) is 0.188. The van der Waals surface area contributed by atoms with E-state index < -0.39 is 17.7 Å². The Morgan fingerprint density at radius 3 is 2.45 bits per heavy atom. The molecule has 0 aliphatic heterocycles. The number of urea groups is 1. The van der Waals surface area contributed by atoms with Gasteiger partial charge in [0.2, 0.25) is 0 Å². The average molecular weight is 306 g/mol. The Morgan fingerprint density at radius 2 is 1.86 bits per heavy atom. The highest BCUT2D eigenvalue weighted by Gasteiger charge is 2.12. The molecule has 0 bridgehead atoms.